The lowest BCUT2D eigenvalue weighted by atomic mass is 10.2. The van der Waals surface area contributed by atoms with Crippen molar-refractivity contribution < 1.29 is 8.42 Å². The van der Waals surface area contributed by atoms with Crippen LogP contribution in [-0.2, 0) is 10.0 Å². The van der Waals surface area contributed by atoms with Crippen molar-refractivity contribution in [1.82, 2.24) is 14.7 Å². The summed E-state index contributed by atoms with van der Waals surface area (Å²) < 4.78 is 25.3. The topological polar surface area (TPSA) is 75.2 Å². The molecule has 1 aliphatic rings. The molecule has 1 aliphatic heterocycles. The highest BCUT2D eigenvalue weighted by atomic mass is 32.2. The molecule has 106 valence electrons. The van der Waals surface area contributed by atoms with E-state index in [0.29, 0.717) is 6.54 Å². The van der Waals surface area contributed by atoms with Crippen LogP contribution in [0, 0.1) is 0 Å². The lowest BCUT2D eigenvalue weighted by molar-refractivity contribution is 0.567. The molecule has 0 spiro atoms. The molecule has 3 rings (SSSR count). The summed E-state index contributed by atoms with van der Waals surface area (Å²) in [4.78, 5) is 10.6. The van der Waals surface area contributed by atoms with Gasteiger partial charge in [-0.1, -0.05) is 0 Å². The third-order valence-electron chi connectivity index (χ3n) is 3.43. The van der Waals surface area contributed by atoms with Crippen LogP contribution in [0.25, 0.3) is 10.9 Å². The molecule has 3 heterocycles. The van der Waals surface area contributed by atoms with Gasteiger partial charge in [-0.2, -0.15) is 0 Å². The maximum absolute atomic E-state index is 11.3. The molecule has 1 saturated heterocycles. The largest absolute Gasteiger partial charge is 0.369 e. The number of sulfonamides is 1. The van der Waals surface area contributed by atoms with Gasteiger partial charge in [-0.3, -0.25) is 9.97 Å². The Morgan fingerprint density at radius 3 is 3.00 bits per heavy atom. The Balaban J connectivity index is 1.86. The fourth-order valence-electron chi connectivity index (χ4n) is 2.63. The first-order chi connectivity index (χ1) is 9.53. The minimum Gasteiger partial charge on any atom is -0.369 e. The van der Waals surface area contributed by atoms with Gasteiger partial charge in [-0.05, 0) is 18.6 Å². The van der Waals surface area contributed by atoms with Crippen LogP contribution < -0.4 is 9.62 Å². The number of nitrogens with zero attached hydrogens (tertiary/aromatic N) is 3. The van der Waals surface area contributed by atoms with Crippen molar-refractivity contribution in [3.8, 4) is 0 Å². The van der Waals surface area contributed by atoms with Crippen LogP contribution in [0.15, 0.2) is 30.7 Å². The number of nitrogens with one attached hydrogen (secondary N) is 1. The number of aromatic nitrogens is 2. The molecule has 20 heavy (non-hydrogen) atoms. The fraction of sp³-hybridized carbons (Fsp3) is 0.385. The summed E-state index contributed by atoms with van der Waals surface area (Å²) in [6.07, 6.45) is 7.29. The van der Waals surface area contributed by atoms with Gasteiger partial charge in [0.25, 0.3) is 0 Å². The fourth-order valence-corrected chi connectivity index (χ4v) is 3.43. The molecular weight excluding hydrogens is 276 g/mol. The summed E-state index contributed by atoms with van der Waals surface area (Å²) in [6, 6.07) is 3.79. The number of rotatable bonds is 3. The molecule has 7 heteroatoms. The van der Waals surface area contributed by atoms with Gasteiger partial charge >= 0.3 is 0 Å². The lowest BCUT2D eigenvalue weighted by Gasteiger charge is -2.20. The van der Waals surface area contributed by atoms with Gasteiger partial charge in [-0.15, -0.1) is 0 Å². The van der Waals surface area contributed by atoms with E-state index in [1.165, 1.54) is 6.26 Å². The molecule has 0 aliphatic carbocycles. The molecule has 6 nitrogen and oxygen atoms in total. The van der Waals surface area contributed by atoms with Crippen molar-refractivity contribution in [2.24, 2.45) is 0 Å². The Kier molecular flexibility index (Phi) is 3.31. The zero-order chi connectivity index (χ0) is 14.2. The molecule has 0 bridgehead atoms. The van der Waals surface area contributed by atoms with E-state index >= 15 is 0 Å². The zero-order valence-electron chi connectivity index (χ0n) is 11.2. The number of hydrogen-bond donors (Lipinski definition) is 1. The van der Waals surface area contributed by atoms with Crippen molar-refractivity contribution in [1.29, 1.82) is 0 Å². The Labute approximate surface area is 117 Å². The summed E-state index contributed by atoms with van der Waals surface area (Å²) >= 11 is 0. The Bertz CT molecular complexity index is 727. The van der Waals surface area contributed by atoms with E-state index in [1.807, 2.05) is 12.1 Å². The van der Waals surface area contributed by atoms with Crippen LogP contribution >= 0.6 is 0 Å². The molecule has 0 aromatic carbocycles. The summed E-state index contributed by atoms with van der Waals surface area (Å²) in [5.74, 6) is 0. The third kappa shape index (κ3) is 2.73. The van der Waals surface area contributed by atoms with Crippen molar-refractivity contribution in [2.45, 2.75) is 12.5 Å². The van der Waals surface area contributed by atoms with Crippen LogP contribution in [0.3, 0.4) is 0 Å². The normalized spacial score (nSPS) is 19.6. The zero-order valence-corrected chi connectivity index (χ0v) is 12.0. The van der Waals surface area contributed by atoms with Gasteiger partial charge < -0.3 is 4.90 Å². The number of anilines is 1. The molecule has 2 aromatic heterocycles. The molecule has 1 N–H and O–H groups in total. The quantitative estimate of drug-likeness (QED) is 0.904. The monoisotopic (exact) mass is 292 g/mol. The molecular formula is C13H16N4O2S. The van der Waals surface area contributed by atoms with Crippen LogP contribution in [-0.4, -0.2) is 43.8 Å². The Morgan fingerprint density at radius 2 is 2.20 bits per heavy atom. The van der Waals surface area contributed by atoms with E-state index in [2.05, 4.69) is 19.6 Å². The van der Waals surface area contributed by atoms with Gasteiger partial charge in [0.05, 0.1) is 11.8 Å². The van der Waals surface area contributed by atoms with Crippen LogP contribution in [0.5, 0.6) is 0 Å². The molecule has 0 radical (unpaired) electrons. The molecule has 1 atom stereocenters. The maximum atomic E-state index is 11.3. The van der Waals surface area contributed by atoms with E-state index in [4.69, 9.17) is 0 Å². The first-order valence-electron chi connectivity index (χ1n) is 6.44. The second kappa shape index (κ2) is 4.99. The minimum atomic E-state index is -3.16. The first-order valence-corrected chi connectivity index (χ1v) is 8.33. The van der Waals surface area contributed by atoms with Crippen molar-refractivity contribution in [3.05, 3.63) is 30.7 Å². The first kappa shape index (κ1) is 13.3. The highest BCUT2D eigenvalue weighted by Crippen LogP contribution is 2.27. The third-order valence-corrected chi connectivity index (χ3v) is 4.19. The predicted octanol–water partition coefficient (Wildman–Crippen LogP) is 0.758. The van der Waals surface area contributed by atoms with Gasteiger partial charge in [0.15, 0.2) is 0 Å². The average molecular weight is 292 g/mol. The minimum absolute atomic E-state index is 0.0371. The molecule has 1 fully saturated rings. The molecule has 2 aromatic rings. The van der Waals surface area contributed by atoms with E-state index in [1.54, 1.807) is 18.6 Å². The molecule has 1 unspecified atom stereocenters. The van der Waals surface area contributed by atoms with Gasteiger partial charge in [0.1, 0.15) is 0 Å². The van der Waals surface area contributed by atoms with Gasteiger partial charge in [0.2, 0.25) is 10.0 Å². The van der Waals surface area contributed by atoms with Gasteiger partial charge in [-0.25, -0.2) is 13.1 Å². The van der Waals surface area contributed by atoms with E-state index in [-0.39, 0.29) is 6.04 Å². The van der Waals surface area contributed by atoms with E-state index in [0.717, 1.165) is 29.6 Å². The Morgan fingerprint density at radius 1 is 1.35 bits per heavy atom. The SMILES string of the molecule is CS(=O)(=O)NC1CCN(c2ccnc3ccncc23)C1. The number of fused-ring (bicyclic) bond motifs is 1. The van der Waals surface area contributed by atoms with Crippen molar-refractivity contribution in [3.63, 3.8) is 0 Å². The van der Waals surface area contributed by atoms with Crippen LogP contribution in [0.2, 0.25) is 0 Å². The summed E-state index contributed by atoms with van der Waals surface area (Å²) in [6.45, 7) is 1.49. The predicted molar refractivity (Wildman–Crippen MR) is 78.1 cm³/mol. The van der Waals surface area contributed by atoms with Crippen molar-refractivity contribution >= 4 is 26.6 Å². The highest BCUT2D eigenvalue weighted by molar-refractivity contribution is 7.88. The maximum Gasteiger partial charge on any atom is 0.209 e. The summed E-state index contributed by atoms with van der Waals surface area (Å²) in [5, 5.41) is 0.995. The van der Waals surface area contributed by atoms with Gasteiger partial charge in [0, 0.05) is 48.8 Å². The second-order valence-electron chi connectivity index (χ2n) is 5.04. The summed E-state index contributed by atoms with van der Waals surface area (Å²) in [5.41, 5.74) is 1.96. The van der Waals surface area contributed by atoms with Crippen LogP contribution in [0.4, 0.5) is 5.69 Å². The average Bonchev–Trinajstić information content (AvgIpc) is 2.84. The standard InChI is InChI=1S/C13H16N4O2S/c1-20(18,19)16-10-4-7-17(9-10)13-3-6-15-12-2-5-14-8-11(12)13/h2-3,5-6,8,10,16H,4,7,9H2,1H3. The smallest absolute Gasteiger partial charge is 0.209 e. The molecule has 0 saturated carbocycles. The number of pyridine rings is 2. The van der Waals surface area contributed by atoms with Crippen LogP contribution in [0.1, 0.15) is 6.42 Å². The van der Waals surface area contributed by atoms with E-state index in [9.17, 15) is 8.42 Å². The number of hydrogen-bond acceptors (Lipinski definition) is 5. The lowest BCUT2D eigenvalue weighted by Crippen LogP contribution is -2.36. The second-order valence-corrected chi connectivity index (χ2v) is 6.82. The van der Waals surface area contributed by atoms with E-state index < -0.39 is 10.0 Å². The Hall–Kier alpha value is -1.73. The summed E-state index contributed by atoms with van der Waals surface area (Å²) in [7, 11) is -3.16. The molecule has 0 amide bonds. The van der Waals surface area contributed by atoms with Crippen molar-refractivity contribution in [2.75, 3.05) is 24.2 Å². The highest BCUT2D eigenvalue weighted by Gasteiger charge is 2.25.